The molecule has 1 heteroatoms. The van der Waals surface area contributed by atoms with E-state index in [1.807, 2.05) is 11.8 Å². The van der Waals surface area contributed by atoms with Gasteiger partial charge in [0.15, 0.2) is 0 Å². The SMILES string of the molecule is C#CC1CCSCC1. The molecule has 0 saturated carbocycles. The van der Waals surface area contributed by atoms with Crippen LogP contribution in [0.4, 0.5) is 0 Å². The second-order valence-electron chi connectivity index (χ2n) is 2.05. The Morgan fingerprint density at radius 2 is 2.00 bits per heavy atom. The lowest BCUT2D eigenvalue weighted by Gasteiger charge is -2.14. The van der Waals surface area contributed by atoms with Gasteiger partial charge in [-0.05, 0) is 24.3 Å². The average molecular weight is 126 g/mol. The summed E-state index contributed by atoms with van der Waals surface area (Å²) in [6.45, 7) is 0. The molecule has 1 aliphatic rings. The summed E-state index contributed by atoms with van der Waals surface area (Å²) in [6, 6.07) is 0. The zero-order chi connectivity index (χ0) is 5.82. The third kappa shape index (κ3) is 1.45. The molecule has 8 heavy (non-hydrogen) atoms. The predicted molar refractivity (Wildman–Crippen MR) is 38.9 cm³/mol. The molecule has 0 aromatic carbocycles. The summed E-state index contributed by atoms with van der Waals surface area (Å²) in [4.78, 5) is 0. The molecule has 1 saturated heterocycles. The topological polar surface area (TPSA) is 0 Å². The highest BCUT2D eigenvalue weighted by Gasteiger charge is 2.09. The highest BCUT2D eigenvalue weighted by Crippen LogP contribution is 2.21. The lowest BCUT2D eigenvalue weighted by molar-refractivity contribution is 0.623. The fourth-order valence-electron chi connectivity index (χ4n) is 0.864. The van der Waals surface area contributed by atoms with Crippen molar-refractivity contribution in [2.24, 2.45) is 5.92 Å². The molecular formula is C7H10S. The van der Waals surface area contributed by atoms with Crippen molar-refractivity contribution in [1.29, 1.82) is 0 Å². The molecule has 1 aliphatic heterocycles. The number of hydrogen-bond donors (Lipinski definition) is 0. The van der Waals surface area contributed by atoms with Crippen LogP contribution in [0.1, 0.15) is 12.8 Å². The minimum absolute atomic E-state index is 0.594. The van der Waals surface area contributed by atoms with E-state index in [1.54, 1.807) is 0 Å². The Morgan fingerprint density at radius 3 is 2.38 bits per heavy atom. The van der Waals surface area contributed by atoms with Crippen LogP contribution in [-0.2, 0) is 0 Å². The van der Waals surface area contributed by atoms with Crippen molar-refractivity contribution in [3.8, 4) is 12.3 Å². The van der Waals surface area contributed by atoms with Gasteiger partial charge in [-0.3, -0.25) is 0 Å². The number of thioether (sulfide) groups is 1. The zero-order valence-corrected chi connectivity index (χ0v) is 5.71. The Morgan fingerprint density at radius 1 is 1.38 bits per heavy atom. The third-order valence-corrected chi connectivity index (χ3v) is 2.51. The molecule has 0 radical (unpaired) electrons. The normalized spacial score (nSPS) is 22.4. The van der Waals surface area contributed by atoms with E-state index < -0.39 is 0 Å². The van der Waals surface area contributed by atoms with Gasteiger partial charge in [-0.1, -0.05) is 0 Å². The molecule has 0 aromatic rings. The minimum atomic E-state index is 0.594. The zero-order valence-electron chi connectivity index (χ0n) is 4.89. The first-order valence-corrected chi connectivity index (χ1v) is 4.13. The van der Waals surface area contributed by atoms with E-state index >= 15 is 0 Å². The second-order valence-corrected chi connectivity index (χ2v) is 3.28. The molecule has 44 valence electrons. The smallest absolute Gasteiger partial charge is 0.0215 e. The summed E-state index contributed by atoms with van der Waals surface area (Å²) in [5.41, 5.74) is 0. The van der Waals surface area contributed by atoms with Crippen LogP contribution >= 0.6 is 11.8 Å². The Balaban J connectivity index is 2.25. The fraction of sp³-hybridized carbons (Fsp3) is 0.714. The largest absolute Gasteiger partial charge is 0.162 e. The first-order chi connectivity index (χ1) is 3.93. The Hall–Kier alpha value is -0.0900. The molecule has 0 unspecified atom stereocenters. The highest BCUT2D eigenvalue weighted by molar-refractivity contribution is 7.99. The molecule has 0 aromatic heterocycles. The van der Waals surface area contributed by atoms with Crippen LogP contribution in [-0.4, -0.2) is 11.5 Å². The van der Waals surface area contributed by atoms with E-state index in [1.165, 1.54) is 24.3 Å². The summed E-state index contributed by atoms with van der Waals surface area (Å²) in [5, 5.41) is 0. The lowest BCUT2D eigenvalue weighted by atomic mass is 10.1. The monoisotopic (exact) mass is 126 g/mol. The lowest BCUT2D eigenvalue weighted by Crippen LogP contribution is -2.06. The van der Waals surface area contributed by atoms with E-state index in [-0.39, 0.29) is 0 Å². The van der Waals surface area contributed by atoms with Crippen molar-refractivity contribution in [1.82, 2.24) is 0 Å². The molecule has 0 nitrogen and oxygen atoms in total. The molecule has 0 amide bonds. The molecule has 1 rings (SSSR count). The molecule has 1 fully saturated rings. The molecular weight excluding hydrogens is 116 g/mol. The van der Waals surface area contributed by atoms with Gasteiger partial charge in [-0.15, -0.1) is 12.3 Å². The molecule has 1 heterocycles. The second kappa shape index (κ2) is 3.04. The van der Waals surface area contributed by atoms with Gasteiger partial charge in [0.25, 0.3) is 0 Å². The Bertz CT molecular complexity index is 95.4. The summed E-state index contributed by atoms with van der Waals surface area (Å²) in [7, 11) is 0. The number of hydrogen-bond acceptors (Lipinski definition) is 1. The van der Waals surface area contributed by atoms with Crippen LogP contribution in [0.15, 0.2) is 0 Å². The molecule has 0 bridgehead atoms. The van der Waals surface area contributed by atoms with Crippen LogP contribution in [0.2, 0.25) is 0 Å². The average Bonchev–Trinajstić information content (AvgIpc) is 1.90. The van der Waals surface area contributed by atoms with E-state index in [4.69, 9.17) is 6.42 Å². The predicted octanol–water partition coefficient (Wildman–Crippen LogP) is 1.76. The Labute approximate surface area is 55.0 Å². The highest BCUT2D eigenvalue weighted by atomic mass is 32.2. The standard InChI is InChI=1S/C7H10S/c1-2-7-3-5-8-6-4-7/h1,7H,3-6H2. The van der Waals surface area contributed by atoms with Crippen molar-refractivity contribution < 1.29 is 0 Å². The van der Waals surface area contributed by atoms with Gasteiger partial charge >= 0.3 is 0 Å². The van der Waals surface area contributed by atoms with Crippen molar-refractivity contribution in [2.45, 2.75) is 12.8 Å². The van der Waals surface area contributed by atoms with Gasteiger partial charge < -0.3 is 0 Å². The first kappa shape index (κ1) is 6.04. The van der Waals surface area contributed by atoms with Crippen molar-refractivity contribution >= 4 is 11.8 Å². The van der Waals surface area contributed by atoms with Gasteiger partial charge in [-0.2, -0.15) is 11.8 Å². The minimum Gasteiger partial charge on any atom is -0.162 e. The molecule has 0 spiro atoms. The molecule has 0 atom stereocenters. The maximum atomic E-state index is 5.24. The maximum absolute atomic E-state index is 5.24. The maximum Gasteiger partial charge on any atom is 0.0215 e. The van der Waals surface area contributed by atoms with Crippen molar-refractivity contribution in [2.75, 3.05) is 11.5 Å². The van der Waals surface area contributed by atoms with E-state index in [9.17, 15) is 0 Å². The van der Waals surface area contributed by atoms with E-state index in [0.29, 0.717) is 5.92 Å². The first-order valence-electron chi connectivity index (χ1n) is 2.97. The number of rotatable bonds is 0. The van der Waals surface area contributed by atoms with Crippen LogP contribution in [0.5, 0.6) is 0 Å². The summed E-state index contributed by atoms with van der Waals surface area (Å²) < 4.78 is 0. The van der Waals surface area contributed by atoms with E-state index in [2.05, 4.69) is 5.92 Å². The van der Waals surface area contributed by atoms with Gasteiger partial charge in [0, 0.05) is 5.92 Å². The fourth-order valence-corrected chi connectivity index (χ4v) is 1.97. The van der Waals surface area contributed by atoms with Crippen molar-refractivity contribution in [3.05, 3.63) is 0 Å². The van der Waals surface area contributed by atoms with Crippen LogP contribution < -0.4 is 0 Å². The van der Waals surface area contributed by atoms with Crippen LogP contribution in [0.3, 0.4) is 0 Å². The van der Waals surface area contributed by atoms with Gasteiger partial charge in [-0.25, -0.2) is 0 Å². The number of terminal acetylenes is 1. The summed E-state index contributed by atoms with van der Waals surface area (Å²) >= 11 is 2.02. The third-order valence-electron chi connectivity index (χ3n) is 1.46. The van der Waals surface area contributed by atoms with Gasteiger partial charge in [0.05, 0.1) is 0 Å². The van der Waals surface area contributed by atoms with Gasteiger partial charge in [0.1, 0.15) is 0 Å². The van der Waals surface area contributed by atoms with Crippen molar-refractivity contribution in [3.63, 3.8) is 0 Å². The summed E-state index contributed by atoms with van der Waals surface area (Å²) in [6.07, 6.45) is 7.72. The van der Waals surface area contributed by atoms with E-state index in [0.717, 1.165) is 0 Å². The quantitative estimate of drug-likeness (QED) is 0.446. The van der Waals surface area contributed by atoms with Crippen LogP contribution in [0, 0.1) is 18.3 Å². The molecule has 0 aliphatic carbocycles. The Kier molecular flexibility index (Phi) is 2.29. The van der Waals surface area contributed by atoms with Crippen LogP contribution in [0.25, 0.3) is 0 Å². The van der Waals surface area contributed by atoms with Gasteiger partial charge in [0.2, 0.25) is 0 Å². The molecule has 0 N–H and O–H groups in total. The summed E-state index contributed by atoms with van der Waals surface area (Å²) in [5.74, 6) is 5.93.